The van der Waals surface area contributed by atoms with Gasteiger partial charge in [-0.1, -0.05) is 39.5 Å². The number of hydrogen-bond donors (Lipinski definition) is 2. The average molecular weight is 238 g/mol. The van der Waals surface area contributed by atoms with E-state index >= 15 is 0 Å². The van der Waals surface area contributed by atoms with Crippen molar-refractivity contribution in [2.45, 2.75) is 52.9 Å². The summed E-state index contributed by atoms with van der Waals surface area (Å²) in [6.07, 6.45) is 4.81. The molecule has 0 aromatic heterocycles. The fourth-order valence-electron chi connectivity index (χ4n) is 1.68. The van der Waals surface area contributed by atoms with Crippen LogP contribution in [0.1, 0.15) is 54.3 Å². The largest absolute Gasteiger partial charge is 1.00 e. The smallest absolute Gasteiger partial charge is 1.00 e. The Labute approximate surface area is 116 Å². The molecule has 17 heavy (non-hydrogen) atoms. The molecular weight excluding hydrogens is 215 g/mol. The van der Waals surface area contributed by atoms with Crippen LogP contribution in [-0.2, 0) is 9.59 Å². The van der Waals surface area contributed by atoms with Gasteiger partial charge in [0, 0.05) is 0 Å². The van der Waals surface area contributed by atoms with Crippen LogP contribution in [0.3, 0.4) is 0 Å². The van der Waals surface area contributed by atoms with Crippen molar-refractivity contribution in [1.29, 1.82) is 0 Å². The number of carboxylic acid groups (broad SMARTS) is 2. The summed E-state index contributed by atoms with van der Waals surface area (Å²) in [5, 5.41) is 18.0. The molecule has 0 aliphatic carbocycles. The number of hydrogen-bond acceptors (Lipinski definition) is 2. The zero-order valence-corrected chi connectivity index (χ0v) is 11.3. The minimum atomic E-state index is -1.66. The first-order valence-corrected chi connectivity index (χ1v) is 5.84. The van der Waals surface area contributed by atoms with E-state index in [0.29, 0.717) is 6.42 Å². The molecule has 0 radical (unpaired) electrons. The van der Waals surface area contributed by atoms with Crippen LogP contribution >= 0.6 is 0 Å². The second-order valence-electron chi connectivity index (χ2n) is 4.56. The van der Waals surface area contributed by atoms with Gasteiger partial charge in [-0.3, -0.25) is 9.59 Å². The van der Waals surface area contributed by atoms with Crippen molar-refractivity contribution in [1.82, 2.24) is 0 Å². The minimum absolute atomic E-state index is 0. The summed E-state index contributed by atoms with van der Waals surface area (Å²) in [5.41, 5.74) is -1.66. The SMILES string of the molecule is CCCCCCC(C)C(C)(C(=O)O)C(=O)O.[H-].[Li+]. The Morgan fingerprint density at radius 3 is 2.00 bits per heavy atom. The fraction of sp³-hybridized carbons (Fsp3) is 0.833. The third-order valence-corrected chi connectivity index (χ3v) is 3.36. The molecule has 0 bridgehead atoms. The summed E-state index contributed by atoms with van der Waals surface area (Å²) >= 11 is 0. The van der Waals surface area contributed by atoms with Gasteiger partial charge in [0.25, 0.3) is 0 Å². The fourth-order valence-corrected chi connectivity index (χ4v) is 1.68. The van der Waals surface area contributed by atoms with E-state index in [0.717, 1.165) is 25.7 Å². The molecule has 0 aromatic carbocycles. The summed E-state index contributed by atoms with van der Waals surface area (Å²) in [4.78, 5) is 22.0. The molecule has 0 aliphatic heterocycles. The van der Waals surface area contributed by atoms with Gasteiger partial charge in [-0.15, -0.1) is 0 Å². The number of rotatable bonds is 8. The molecule has 0 amide bonds. The van der Waals surface area contributed by atoms with Gasteiger partial charge >= 0.3 is 30.8 Å². The van der Waals surface area contributed by atoms with Gasteiger partial charge in [0.2, 0.25) is 0 Å². The van der Waals surface area contributed by atoms with Crippen LogP contribution in [0, 0.1) is 11.3 Å². The Morgan fingerprint density at radius 1 is 1.18 bits per heavy atom. The Morgan fingerprint density at radius 2 is 1.65 bits per heavy atom. The molecule has 0 rings (SSSR count). The summed E-state index contributed by atoms with van der Waals surface area (Å²) < 4.78 is 0. The third-order valence-electron chi connectivity index (χ3n) is 3.36. The minimum Gasteiger partial charge on any atom is -1.00 e. The van der Waals surface area contributed by atoms with Crippen LogP contribution in [0.2, 0.25) is 0 Å². The maximum atomic E-state index is 11.0. The van der Waals surface area contributed by atoms with E-state index in [-0.39, 0.29) is 26.2 Å². The van der Waals surface area contributed by atoms with E-state index in [2.05, 4.69) is 6.92 Å². The van der Waals surface area contributed by atoms with Crippen LogP contribution in [0.25, 0.3) is 0 Å². The second-order valence-corrected chi connectivity index (χ2v) is 4.56. The van der Waals surface area contributed by atoms with Gasteiger partial charge in [-0.25, -0.2) is 0 Å². The maximum absolute atomic E-state index is 11.0. The van der Waals surface area contributed by atoms with Crippen molar-refractivity contribution in [3.8, 4) is 0 Å². The Balaban J connectivity index is -0.00000112. The molecule has 5 heteroatoms. The van der Waals surface area contributed by atoms with E-state index in [4.69, 9.17) is 10.2 Å². The molecule has 0 fully saturated rings. The van der Waals surface area contributed by atoms with Crippen molar-refractivity contribution in [3.05, 3.63) is 0 Å². The monoisotopic (exact) mass is 238 g/mol. The normalized spacial score (nSPS) is 12.6. The molecule has 0 saturated carbocycles. The van der Waals surface area contributed by atoms with Crippen LogP contribution in [0.5, 0.6) is 0 Å². The Kier molecular flexibility index (Phi) is 9.56. The van der Waals surface area contributed by atoms with Gasteiger partial charge < -0.3 is 11.6 Å². The molecule has 2 N–H and O–H groups in total. The van der Waals surface area contributed by atoms with E-state index < -0.39 is 17.4 Å². The first-order valence-electron chi connectivity index (χ1n) is 5.84. The zero-order valence-electron chi connectivity index (χ0n) is 12.3. The molecule has 96 valence electrons. The van der Waals surface area contributed by atoms with Crippen molar-refractivity contribution in [2.75, 3.05) is 0 Å². The quantitative estimate of drug-likeness (QED) is 0.351. The predicted octanol–water partition coefficient (Wildman–Crippen LogP) is -0.115. The molecule has 0 aliphatic rings. The van der Waals surface area contributed by atoms with Gasteiger partial charge in [-0.2, -0.15) is 0 Å². The molecule has 0 aromatic rings. The van der Waals surface area contributed by atoms with Crippen LogP contribution in [0.15, 0.2) is 0 Å². The van der Waals surface area contributed by atoms with Gasteiger partial charge in [0.15, 0.2) is 5.41 Å². The Bertz CT molecular complexity index is 244. The van der Waals surface area contributed by atoms with Crippen LogP contribution in [-0.4, -0.2) is 22.2 Å². The molecule has 0 heterocycles. The predicted molar refractivity (Wildman–Crippen MR) is 62.4 cm³/mol. The summed E-state index contributed by atoms with van der Waals surface area (Å²) in [6, 6.07) is 0. The number of carboxylic acids is 2. The van der Waals surface area contributed by atoms with Gasteiger partial charge in [-0.05, 0) is 19.3 Å². The standard InChI is InChI=1S/C12H22O4.Li.H/c1-4-5-6-7-8-9(2)12(3,10(13)14)11(15)16;;/h9H,4-8H2,1-3H3,(H,13,14)(H,15,16);;/q;+1;-1. The van der Waals surface area contributed by atoms with E-state index in [1.807, 2.05) is 0 Å². The van der Waals surface area contributed by atoms with Crippen molar-refractivity contribution in [3.63, 3.8) is 0 Å². The van der Waals surface area contributed by atoms with Gasteiger partial charge in [0.1, 0.15) is 0 Å². The van der Waals surface area contributed by atoms with E-state index in [9.17, 15) is 9.59 Å². The molecule has 1 atom stereocenters. The Hall–Kier alpha value is -0.463. The molecule has 4 nitrogen and oxygen atoms in total. The van der Waals surface area contributed by atoms with Crippen LogP contribution < -0.4 is 18.9 Å². The topological polar surface area (TPSA) is 74.6 Å². The number of unbranched alkanes of at least 4 members (excludes halogenated alkanes) is 3. The van der Waals surface area contributed by atoms with E-state index in [1.54, 1.807) is 6.92 Å². The average Bonchev–Trinajstić information content (AvgIpc) is 2.22. The molecule has 1 unspecified atom stereocenters. The van der Waals surface area contributed by atoms with Crippen molar-refractivity contribution < 1.29 is 40.1 Å². The third kappa shape index (κ3) is 5.14. The van der Waals surface area contributed by atoms with Crippen molar-refractivity contribution >= 4 is 11.9 Å². The maximum Gasteiger partial charge on any atom is 1.00 e. The summed E-state index contributed by atoms with van der Waals surface area (Å²) in [6.45, 7) is 5.10. The summed E-state index contributed by atoms with van der Waals surface area (Å²) in [5.74, 6) is -2.84. The first-order chi connectivity index (χ1) is 7.37. The molecule has 0 saturated heterocycles. The zero-order chi connectivity index (χ0) is 12.8. The molecular formula is C12H23LiO4. The number of carbonyl (C=O) groups is 2. The van der Waals surface area contributed by atoms with Gasteiger partial charge in [0.05, 0.1) is 0 Å². The van der Waals surface area contributed by atoms with E-state index in [1.165, 1.54) is 6.92 Å². The first kappa shape index (κ1) is 18.9. The van der Waals surface area contributed by atoms with Crippen LogP contribution in [0.4, 0.5) is 0 Å². The molecule has 0 spiro atoms. The second kappa shape index (κ2) is 8.60. The summed E-state index contributed by atoms with van der Waals surface area (Å²) in [7, 11) is 0. The van der Waals surface area contributed by atoms with Crippen molar-refractivity contribution in [2.24, 2.45) is 11.3 Å². The number of aliphatic carboxylic acids is 2.